The molecule has 0 aliphatic heterocycles. The van der Waals surface area contributed by atoms with Crippen molar-refractivity contribution in [3.05, 3.63) is 47.1 Å². The molecule has 0 aromatic heterocycles. The zero-order valence-corrected chi connectivity index (χ0v) is 20.7. The first kappa shape index (κ1) is 24.8. The van der Waals surface area contributed by atoms with E-state index in [-0.39, 0.29) is 0 Å². The van der Waals surface area contributed by atoms with Gasteiger partial charge in [-0.15, -0.1) is 11.8 Å². The Balaban J connectivity index is 1.71. The summed E-state index contributed by atoms with van der Waals surface area (Å²) in [6.45, 7) is 12.5. The van der Waals surface area contributed by atoms with Crippen LogP contribution in [0.25, 0.3) is 0 Å². The Morgan fingerprint density at radius 2 is 2.06 bits per heavy atom. The van der Waals surface area contributed by atoms with Crippen molar-refractivity contribution in [3.63, 3.8) is 0 Å². The van der Waals surface area contributed by atoms with Crippen LogP contribution in [0.4, 0.5) is 0 Å². The van der Waals surface area contributed by atoms with Crippen molar-refractivity contribution in [1.29, 1.82) is 0 Å². The molecule has 4 heteroatoms. The number of aliphatic hydroxyl groups is 3. The Kier molecular flexibility index (Phi) is 7.68. The highest BCUT2D eigenvalue weighted by atomic mass is 32.2. The van der Waals surface area contributed by atoms with Crippen LogP contribution in [-0.2, 0) is 0 Å². The van der Waals surface area contributed by atoms with Crippen LogP contribution in [0, 0.1) is 11.3 Å². The monoisotopic (exact) mass is 446 g/mol. The van der Waals surface area contributed by atoms with Crippen molar-refractivity contribution in [2.75, 3.05) is 5.75 Å². The smallest absolute Gasteiger partial charge is 0.117 e. The van der Waals surface area contributed by atoms with E-state index in [4.69, 9.17) is 0 Å². The van der Waals surface area contributed by atoms with Crippen LogP contribution in [0.5, 0.6) is 0 Å². The largest absolute Gasteiger partial charge is 0.390 e. The molecular formula is C27H42O3S. The normalized spacial score (nSPS) is 36.7. The third-order valence-electron chi connectivity index (χ3n) is 7.69. The second kappa shape index (κ2) is 9.59. The number of hydrogen-bond donors (Lipinski definition) is 3. The molecule has 0 unspecified atom stereocenters. The van der Waals surface area contributed by atoms with E-state index in [1.807, 2.05) is 13.8 Å². The molecule has 0 spiro atoms. The summed E-state index contributed by atoms with van der Waals surface area (Å²) in [6, 6.07) is 0. The van der Waals surface area contributed by atoms with Gasteiger partial charge in [0, 0.05) is 12.8 Å². The lowest BCUT2D eigenvalue weighted by Crippen LogP contribution is -2.37. The molecule has 0 bridgehead atoms. The fourth-order valence-corrected chi connectivity index (χ4v) is 7.03. The number of hydrogen-bond acceptors (Lipinski definition) is 4. The Labute approximate surface area is 193 Å². The quantitative estimate of drug-likeness (QED) is 0.252. The fraction of sp³-hybridized carbons (Fsp3) is 0.704. The molecule has 0 aromatic carbocycles. The van der Waals surface area contributed by atoms with Gasteiger partial charge in [-0.1, -0.05) is 49.8 Å². The molecule has 2 fully saturated rings. The number of aliphatic hydroxyl groups excluding tert-OH is 1. The summed E-state index contributed by atoms with van der Waals surface area (Å²) in [6.07, 6.45) is 14.4. The Bertz CT molecular complexity index is 772. The van der Waals surface area contributed by atoms with Crippen LogP contribution in [0.1, 0.15) is 85.5 Å². The SMILES string of the molecule is C=C1C(=CC=C2CCC[C@]3(C)C(CC)=CC[C@H]23)C[C@](O)(SCCCC(C)(C)O)C[C@@H]1O. The highest BCUT2D eigenvalue weighted by Gasteiger charge is 2.44. The maximum Gasteiger partial charge on any atom is 0.117 e. The molecule has 4 atom stereocenters. The Morgan fingerprint density at radius 3 is 2.74 bits per heavy atom. The van der Waals surface area contributed by atoms with Crippen molar-refractivity contribution < 1.29 is 15.3 Å². The topological polar surface area (TPSA) is 60.7 Å². The van der Waals surface area contributed by atoms with Gasteiger partial charge >= 0.3 is 0 Å². The summed E-state index contributed by atoms with van der Waals surface area (Å²) < 4.78 is 0. The summed E-state index contributed by atoms with van der Waals surface area (Å²) in [5.41, 5.74) is 4.47. The fourth-order valence-electron chi connectivity index (χ4n) is 5.83. The molecule has 3 nitrogen and oxygen atoms in total. The third kappa shape index (κ3) is 5.76. The molecule has 2 saturated carbocycles. The van der Waals surface area contributed by atoms with Gasteiger partial charge in [-0.3, -0.25) is 0 Å². The first-order valence-electron chi connectivity index (χ1n) is 12.0. The average molecular weight is 447 g/mol. The van der Waals surface area contributed by atoms with Crippen molar-refractivity contribution >= 4 is 11.8 Å². The molecule has 0 aromatic rings. The van der Waals surface area contributed by atoms with Crippen LogP contribution in [0.15, 0.2) is 47.1 Å². The minimum absolute atomic E-state index is 0.303. The molecule has 3 rings (SSSR count). The lowest BCUT2D eigenvalue weighted by atomic mass is 9.64. The average Bonchev–Trinajstić information content (AvgIpc) is 3.03. The molecule has 0 heterocycles. The number of thioether (sulfide) groups is 1. The van der Waals surface area contributed by atoms with Gasteiger partial charge in [0.25, 0.3) is 0 Å². The van der Waals surface area contributed by atoms with E-state index in [1.165, 1.54) is 30.2 Å². The lowest BCUT2D eigenvalue weighted by molar-refractivity contribution is 0.0595. The molecule has 0 radical (unpaired) electrons. The van der Waals surface area contributed by atoms with Gasteiger partial charge in [0.2, 0.25) is 0 Å². The predicted octanol–water partition coefficient (Wildman–Crippen LogP) is 6.07. The van der Waals surface area contributed by atoms with Crippen molar-refractivity contribution in [2.45, 2.75) is 102 Å². The third-order valence-corrected chi connectivity index (χ3v) is 9.03. The van der Waals surface area contributed by atoms with E-state index in [0.29, 0.717) is 30.6 Å². The maximum atomic E-state index is 11.2. The van der Waals surface area contributed by atoms with Crippen LogP contribution in [0.2, 0.25) is 0 Å². The van der Waals surface area contributed by atoms with E-state index in [9.17, 15) is 15.3 Å². The zero-order valence-electron chi connectivity index (χ0n) is 19.9. The van der Waals surface area contributed by atoms with E-state index < -0.39 is 16.6 Å². The second-order valence-electron chi connectivity index (χ2n) is 10.7. The van der Waals surface area contributed by atoms with Crippen LogP contribution < -0.4 is 0 Å². The van der Waals surface area contributed by atoms with Crippen molar-refractivity contribution in [3.8, 4) is 0 Å². The number of rotatable bonds is 7. The predicted molar refractivity (Wildman–Crippen MR) is 132 cm³/mol. The first-order valence-corrected chi connectivity index (χ1v) is 13.0. The van der Waals surface area contributed by atoms with Gasteiger partial charge in [0.15, 0.2) is 0 Å². The molecule has 3 aliphatic rings. The van der Waals surface area contributed by atoms with Crippen molar-refractivity contribution in [2.24, 2.45) is 11.3 Å². The Morgan fingerprint density at radius 1 is 1.32 bits per heavy atom. The molecule has 31 heavy (non-hydrogen) atoms. The van der Waals surface area contributed by atoms with Gasteiger partial charge in [-0.25, -0.2) is 0 Å². The first-order chi connectivity index (χ1) is 14.5. The summed E-state index contributed by atoms with van der Waals surface area (Å²) >= 11 is 1.50. The molecule has 3 aliphatic carbocycles. The van der Waals surface area contributed by atoms with Gasteiger partial charge in [0.05, 0.1) is 11.7 Å². The highest BCUT2D eigenvalue weighted by molar-refractivity contribution is 8.00. The van der Waals surface area contributed by atoms with Crippen LogP contribution >= 0.6 is 11.8 Å². The number of allylic oxidation sites excluding steroid dienone is 5. The molecule has 0 saturated heterocycles. The van der Waals surface area contributed by atoms with Gasteiger partial charge in [0.1, 0.15) is 4.93 Å². The Hall–Kier alpha value is -0.810. The van der Waals surface area contributed by atoms with Crippen LogP contribution in [0.3, 0.4) is 0 Å². The van der Waals surface area contributed by atoms with Crippen molar-refractivity contribution in [1.82, 2.24) is 0 Å². The van der Waals surface area contributed by atoms with E-state index >= 15 is 0 Å². The van der Waals surface area contributed by atoms with Gasteiger partial charge in [-0.2, -0.15) is 0 Å². The van der Waals surface area contributed by atoms with E-state index in [1.54, 1.807) is 5.57 Å². The van der Waals surface area contributed by atoms with Gasteiger partial charge < -0.3 is 15.3 Å². The molecular weight excluding hydrogens is 404 g/mol. The van der Waals surface area contributed by atoms with Gasteiger partial charge in [-0.05, 0) is 87.0 Å². The van der Waals surface area contributed by atoms with E-state index in [2.05, 4.69) is 38.7 Å². The lowest BCUT2D eigenvalue weighted by Gasteiger charge is -2.41. The zero-order chi connectivity index (χ0) is 22.9. The minimum Gasteiger partial charge on any atom is -0.390 e. The summed E-state index contributed by atoms with van der Waals surface area (Å²) in [5, 5.41) is 31.7. The highest BCUT2D eigenvalue weighted by Crippen LogP contribution is 2.55. The molecule has 3 N–H and O–H groups in total. The summed E-state index contributed by atoms with van der Waals surface area (Å²) in [5.74, 6) is 1.35. The summed E-state index contributed by atoms with van der Waals surface area (Å²) in [7, 11) is 0. The minimum atomic E-state index is -0.976. The van der Waals surface area contributed by atoms with E-state index in [0.717, 1.165) is 42.6 Å². The summed E-state index contributed by atoms with van der Waals surface area (Å²) in [4.78, 5) is -0.976. The molecule has 0 amide bonds. The number of fused-ring (bicyclic) bond motifs is 1. The standard InChI is InChI=1S/C27H42O3S/c1-6-22-12-13-23-20(9-7-15-26(22,23)5)10-11-21-17-27(30,18-24(28)19(21)2)31-16-8-14-25(3,4)29/h10-12,23-24,28-30H,2,6-9,13-18H2,1,3-5H3/t23-,24+,26-,27+/m1/s1. The maximum absolute atomic E-state index is 11.2. The second-order valence-corrected chi connectivity index (χ2v) is 12.2. The van der Waals surface area contributed by atoms with Crippen LogP contribution in [-0.4, -0.2) is 37.7 Å². The molecule has 174 valence electrons.